The molecule has 8 heteroatoms. The number of rotatable bonds is 6. The third-order valence-corrected chi connectivity index (χ3v) is 3.44. The Labute approximate surface area is 144 Å². The minimum atomic E-state index is -0.562. The summed E-state index contributed by atoms with van der Waals surface area (Å²) in [6.07, 6.45) is 0. The standard InChI is InChI=1S/C17H17N3O5/c1-11(15-8-7-14(24-2)10-16(15)25-3)18-19-17(21)12-5-4-6-13(9-12)20(22)23/h4-10H,1-3H3,(H,19,21). The van der Waals surface area contributed by atoms with Gasteiger partial charge in [-0.15, -0.1) is 0 Å². The van der Waals surface area contributed by atoms with Crippen LogP contribution in [0.25, 0.3) is 0 Å². The van der Waals surface area contributed by atoms with Crippen LogP contribution in [0.2, 0.25) is 0 Å². The van der Waals surface area contributed by atoms with E-state index in [1.807, 2.05) is 0 Å². The molecule has 2 rings (SSSR count). The SMILES string of the molecule is COc1ccc(C(C)=NNC(=O)c2cccc([N+](=O)[O-])c2)c(OC)c1. The highest BCUT2D eigenvalue weighted by Gasteiger charge is 2.12. The lowest BCUT2D eigenvalue weighted by molar-refractivity contribution is -0.384. The van der Waals surface area contributed by atoms with E-state index >= 15 is 0 Å². The highest BCUT2D eigenvalue weighted by atomic mass is 16.6. The Kier molecular flexibility index (Phi) is 5.67. The number of non-ortho nitro benzene ring substituents is 1. The molecule has 0 aliphatic heterocycles. The van der Waals surface area contributed by atoms with Crippen LogP contribution < -0.4 is 14.9 Å². The summed E-state index contributed by atoms with van der Waals surface area (Å²) in [5.74, 6) is 0.634. The molecular weight excluding hydrogens is 326 g/mol. The van der Waals surface area contributed by atoms with Gasteiger partial charge in [0.2, 0.25) is 0 Å². The molecule has 8 nitrogen and oxygen atoms in total. The Morgan fingerprint density at radius 1 is 1.16 bits per heavy atom. The third kappa shape index (κ3) is 4.31. The number of nitrogens with one attached hydrogen (secondary N) is 1. The van der Waals surface area contributed by atoms with Crippen LogP contribution in [0.4, 0.5) is 5.69 Å². The first-order valence-corrected chi connectivity index (χ1v) is 7.27. The Bertz CT molecular complexity index is 833. The van der Waals surface area contributed by atoms with Crippen molar-refractivity contribution < 1.29 is 19.2 Å². The molecule has 0 atom stereocenters. The van der Waals surface area contributed by atoms with Crippen molar-refractivity contribution >= 4 is 17.3 Å². The van der Waals surface area contributed by atoms with Crippen LogP contribution in [0.3, 0.4) is 0 Å². The van der Waals surface area contributed by atoms with Crippen molar-refractivity contribution in [2.45, 2.75) is 6.92 Å². The van der Waals surface area contributed by atoms with Crippen LogP contribution in [0.5, 0.6) is 11.5 Å². The molecule has 1 N–H and O–H groups in total. The lowest BCUT2D eigenvalue weighted by atomic mass is 10.1. The van der Waals surface area contributed by atoms with Gasteiger partial charge in [0.1, 0.15) is 11.5 Å². The fraction of sp³-hybridized carbons (Fsp3) is 0.176. The average Bonchev–Trinajstić information content (AvgIpc) is 2.65. The molecule has 0 unspecified atom stereocenters. The van der Waals surface area contributed by atoms with Crippen LogP contribution in [-0.2, 0) is 0 Å². The molecule has 0 bridgehead atoms. The summed E-state index contributed by atoms with van der Waals surface area (Å²) in [7, 11) is 3.07. The molecule has 0 aromatic heterocycles. The van der Waals surface area contributed by atoms with Crippen molar-refractivity contribution in [3.63, 3.8) is 0 Å². The molecule has 0 spiro atoms. The second-order valence-electron chi connectivity index (χ2n) is 5.01. The molecule has 0 aliphatic carbocycles. The molecule has 2 aromatic carbocycles. The van der Waals surface area contributed by atoms with Gasteiger partial charge in [0.25, 0.3) is 11.6 Å². The minimum absolute atomic E-state index is 0.146. The van der Waals surface area contributed by atoms with Crippen molar-refractivity contribution in [1.82, 2.24) is 5.43 Å². The Morgan fingerprint density at radius 3 is 2.56 bits per heavy atom. The zero-order valence-electron chi connectivity index (χ0n) is 14.0. The third-order valence-electron chi connectivity index (χ3n) is 3.44. The summed E-state index contributed by atoms with van der Waals surface area (Å²) in [4.78, 5) is 22.3. The second kappa shape index (κ2) is 7.91. The van der Waals surface area contributed by atoms with Gasteiger partial charge in [0.05, 0.1) is 24.9 Å². The van der Waals surface area contributed by atoms with E-state index in [2.05, 4.69) is 10.5 Å². The average molecular weight is 343 g/mol. The molecule has 2 aromatic rings. The second-order valence-corrected chi connectivity index (χ2v) is 5.01. The number of ether oxygens (including phenoxy) is 2. The van der Waals surface area contributed by atoms with Crippen LogP contribution in [0.15, 0.2) is 47.6 Å². The highest BCUT2D eigenvalue weighted by Crippen LogP contribution is 2.25. The number of nitro benzene ring substituents is 1. The van der Waals surface area contributed by atoms with Crippen molar-refractivity contribution in [2.75, 3.05) is 14.2 Å². The van der Waals surface area contributed by atoms with E-state index in [0.29, 0.717) is 22.8 Å². The summed E-state index contributed by atoms with van der Waals surface area (Å²) < 4.78 is 10.4. The van der Waals surface area contributed by atoms with Crippen LogP contribution in [-0.4, -0.2) is 30.8 Å². The van der Waals surface area contributed by atoms with E-state index in [1.54, 1.807) is 32.2 Å². The number of benzene rings is 2. The minimum Gasteiger partial charge on any atom is -0.497 e. The van der Waals surface area contributed by atoms with Gasteiger partial charge in [-0.05, 0) is 25.1 Å². The topological polar surface area (TPSA) is 103 Å². The molecule has 0 heterocycles. The van der Waals surface area contributed by atoms with Gasteiger partial charge in [-0.25, -0.2) is 5.43 Å². The fourth-order valence-corrected chi connectivity index (χ4v) is 2.12. The van der Waals surface area contributed by atoms with Crippen LogP contribution >= 0.6 is 0 Å². The monoisotopic (exact) mass is 343 g/mol. The Morgan fingerprint density at radius 2 is 1.92 bits per heavy atom. The molecule has 0 saturated carbocycles. The Balaban J connectivity index is 2.19. The summed E-state index contributed by atoms with van der Waals surface area (Å²) in [6, 6.07) is 10.6. The molecular formula is C17H17N3O5. The van der Waals surface area contributed by atoms with E-state index in [-0.39, 0.29) is 11.3 Å². The quantitative estimate of drug-likeness (QED) is 0.493. The summed E-state index contributed by atoms with van der Waals surface area (Å²) in [5.41, 5.74) is 3.56. The molecule has 0 aliphatic rings. The summed E-state index contributed by atoms with van der Waals surface area (Å²) >= 11 is 0. The first kappa shape index (κ1) is 17.9. The van der Waals surface area contributed by atoms with Gasteiger partial charge in [-0.2, -0.15) is 5.10 Å². The first-order chi connectivity index (χ1) is 12.0. The number of carbonyl (C=O) groups is 1. The van der Waals surface area contributed by atoms with Crippen LogP contribution in [0.1, 0.15) is 22.8 Å². The maximum atomic E-state index is 12.1. The number of hydrazone groups is 1. The normalized spacial score (nSPS) is 10.9. The van der Waals surface area contributed by atoms with Gasteiger partial charge in [-0.3, -0.25) is 14.9 Å². The number of amides is 1. The number of nitro groups is 1. The maximum absolute atomic E-state index is 12.1. The number of hydrogen-bond donors (Lipinski definition) is 1. The highest BCUT2D eigenvalue weighted by molar-refractivity contribution is 6.03. The van der Waals surface area contributed by atoms with E-state index in [4.69, 9.17) is 9.47 Å². The molecule has 0 saturated heterocycles. The molecule has 25 heavy (non-hydrogen) atoms. The van der Waals surface area contributed by atoms with Gasteiger partial charge in [0, 0.05) is 29.3 Å². The number of methoxy groups -OCH3 is 2. The zero-order chi connectivity index (χ0) is 18.4. The van der Waals surface area contributed by atoms with E-state index in [0.717, 1.165) is 0 Å². The first-order valence-electron chi connectivity index (χ1n) is 7.27. The lowest BCUT2D eigenvalue weighted by Gasteiger charge is -2.10. The summed E-state index contributed by atoms with van der Waals surface area (Å²) in [5, 5.41) is 14.8. The maximum Gasteiger partial charge on any atom is 0.271 e. The Hall–Kier alpha value is -3.42. The number of nitrogens with zero attached hydrogens (tertiary/aromatic N) is 2. The number of hydrogen-bond acceptors (Lipinski definition) is 6. The summed E-state index contributed by atoms with van der Waals surface area (Å²) in [6.45, 7) is 1.71. The fourth-order valence-electron chi connectivity index (χ4n) is 2.12. The zero-order valence-corrected chi connectivity index (χ0v) is 14.0. The van der Waals surface area contributed by atoms with Crippen molar-refractivity contribution in [3.8, 4) is 11.5 Å². The lowest BCUT2D eigenvalue weighted by Crippen LogP contribution is -2.19. The number of carbonyl (C=O) groups excluding carboxylic acids is 1. The smallest absolute Gasteiger partial charge is 0.271 e. The van der Waals surface area contributed by atoms with Crippen LogP contribution in [0, 0.1) is 10.1 Å². The predicted octanol–water partition coefficient (Wildman–Crippen LogP) is 2.77. The van der Waals surface area contributed by atoms with Gasteiger partial charge >= 0.3 is 0 Å². The van der Waals surface area contributed by atoms with Gasteiger partial charge in [-0.1, -0.05) is 6.07 Å². The van der Waals surface area contributed by atoms with Gasteiger partial charge in [0.15, 0.2) is 0 Å². The van der Waals surface area contributed by atoms with Crippen molar-refractivity contribution in [1.29, 1.82) is 0 Å². The van der Waals surface area contributed by atoms with E-state index in [1.165, 1.54) is 31.4 Å². The van der Waals surface area contributed by atoms with Gasteiger partial charge < -0.3 is 9.47 Å². The molecule has 1 amide bonds. The van der Waals surface area contributed by atoms with E-state index in [9.17, 15) is 14.9 Å². The predicted molar refractivity (Wildman–Crippen MR) is 92.3 cm³/mol. The molecule has 0 radical (unpaired) electrons. The molecule has 0 fully saturated rings. The van der Waals surface area contributed by atoms with E-state index < -0.39 is 10.8 Å². The van der Waals surface area contributed by atoms with Crippen molar-refractivity contribution in [3.05, 3.63) is 63.7 Å². The van der Waals surface area contributed by atoms with Crippen molar-refractivity contribution in [2.24, 2.45) is 5.10 Å². The largest absolute Gasteiger partial charge is 0.497 e. The molecule has 130 valence electrons.